The number of nitrogen functional groups attached to an aromatic ring is 1. The fraction of sp³-hybridized carbons (Fsp3) is 0.364. The van der Waals surface area contributed by atoms with E-state index in [0.717, 1.165) is 23.7 Å². The van der Waals surface area contributed by atoms with Gasteiger partial charge in [-0.1, -0.05) is 0 Å². The molecule has 15 heavy (non-hydrogen) atoms. The van der Waals surface area contributed by atoms with E-state index < -0.39 is 0 Å². The molecule has 80 valence electrons. The molecule has 4 heteroatoms. The zero-order valence-corrected chi connectivity index (χ0v) is 9.79. The third kappa shape index (κ3) is 2.31. The first-order chi connectivity index (χ1) is 7.16. The number of anilines is 1. The topological polar surface area (TPSA) is 52.3 Å². The number of benzene rings is 1. The van der Waals surface area contributed by atoms with Crippen LogP contribution in [0.1, 0.15) is 29.6 Å². The number of hydrogen-bond donors (Lipinski definition) is 1. The third-order valence-corrected chi connectivity index (χ3v) is 3.23. The predicted molar refractivity (Wildman–Crippen MR) is 61.6 cm³/mol. The second-order valence-electron chi connectivity index (χ2n) is 3.70. The van der Waals surface area contributed by atoms with Crippen LogP contribution in [-0.2, 0) is 4.74 Å². The van der Waals surface area contributed by atoms with Gasteiger partial charge in [0.25, 0.3) is 0 Å². The molecule has 0 aromatic heterocycles. The molecule has 1 aromatic rings. The highest BCUT2D eigenvalue weighted by Gasteiger charge is 2.23. The van der Waals surface area contributed by atoms with Crippen molar-refractivity contribution < 1.29 is 9.53 Å². The fourth-order valence-electron chi connectivity index (χ4n) is 1.40. The van der Waals surface area contributed by atoms with Crippen LogP contribution in [0.15, 0.2) is 22.7 Å². The highest BCUT2D eigenvalue weighted by atomic mass is 79.9. The van der Waals surface area contributed by atoms with Gasteiger partial charge in [0.1, 0.15) is 6.10 Å². The Kier molecular flexibility index (Phi) is 2.95. The lowest BCUT2D eigenvalue weighted by Gasteiger charge is -2.25. The maximum absolute atomic E-state index is 11.7. The lowest BCUT2D eigenvalue weighted by Crippen LogP contribution is -2.25. The molecule has 0 amide bonds. The van der Waals surface area contributed by atoms with E-state index in [2.05, 4.69) is 15.9 Å². The van der Waals surface area contributed by atoms with E-state index in [1.165, 1.54) is 0 Å². The zero-order chi connectivity index (χ0) is 10.8. The summed E-state index contributed by atoms with van der Waals surface area (Å²) in [4.78, 5) is 11.7. The molecule has 1 aliphatic carbocycles. The van der Waals surface area contributed by atoms with Crippen molar-refractivity contribution in [2.75, 3.05) is 5.73 Å². The van der Waals surface area contributed by atoms with Crippen molar-refractivity contribution in [1.29, 1.82) is 0 Å². The van der Waals surface area contributed by atoms with Crippen LogP contribution in [0.2, 0.25) is 0 Å². The molecule has 0 saturated heterocycles. The monoisotopic (exact) mass is 269 g/mol. The van der Waals surface area contributed by atoms with Gasteiger partial charge in [0, 0.05) is 10.2 Å². The van der Waals surface area contributed by atoms with Gasteiger partial charge in [-0.15, -0.1) is 0 Å². The third-order valence-electron chi connectivity index (χ3n) is 2.54. The summed E-state index contributed by atoms with van der Waals surface area (Å²) < 4.78 is 6.01. The molecule has 0 aliphatic heterocycles. The predicted octanol–water partition coefficient (Wildman–Crippen LogP) is 2.74. The van der Waals surface area contributed by atoms with Crippen LogP contribution in [0.5, 0.6) is 0 Å². The summed E-state index contributed by atoms with van der Waals surface area (Å²) in [5, 5.41) is 0. The Balaban J connectivity index is 2.12. The minimum absolute atomic E-state index is 0.103. The summed E-state index contributed by atoms with van der Waals surface area (Å²) in [6.07, 6.45) is 3.21. The number of carbonyl (C=O) groups is 1. The first kappa shape index (κ1) is 10.5. The van der Waals surface area contributed by atoms with Crippen molar-refractivity contribution in [3.05, 3.63) is 28.2 Å². The molecule has 2 N–H and O–H groups in total. The second kappa shape index (κ2) is 4.23. The van der Waals surface area contributed by atoms with Gasteiger partial charge in [-0.05, 0) is 53.4 Å². The number of halogens is 1. The Morgan fingerprint density at radius 1 is 1.47 bits per heavy atom. The normalized spacial score (nSPS) is 15.8. The summed E-state index contributed by atoms with van der Waals surface area (Å²) in [5.41, 5.74) is 6.68. The van der Waals surface area contributed by atoms with Crippen molar-refractivity contribution in [1.82, 2.24) is 0 Å². The molecule has 0 spiro atoms. The van der Waals surface area contributed by atoms with Crippen LogP contribution in [0.4, 0.5) is 5.69 Å². The molecule has 1 aliphatic rings. The molecule has 0 radical (unpaired) electrons. The molecule has 0 unspecified atom stereocenters. The van der Waals surface area contributed by atoms with E-state index in [1.807, 2.05) is 0 Å². The molecule has 2 rings (SSSR count). The Hall–Kier alpha value is -1.03. The second-order valence-corrected chi connectivity index (χ2v) is 4.55. The summed E-state index contributed by atoms with van der Waals surface area (Å²) in [7, 11) is 0. The van der Waals surface area contributed by atoms with Gasteiger partial charge in [0.05, 0.1) is 5.56 Å². The minimum atomic E-state index is -0.293. The van der Waals surface area contributed by atoms with Gasteiger partial charge in [0.15, 0.2) is 0 Å². The Bertz CT molecular complexity index is 388. The van der Waals surface area contributed by atoms with Crippen LogP contribution >= 0.6 is 15.9 Å². The highest BCUT2D eigenvalue weighted by molar-refractivity contribution is 9.10. The van der Waals surface area contributed by atoms with Crippen LogP contribution < -0.4 is 5.73 Å². The van der Waals surface area contributed by atoms with Crippen LogP contribution in [-0.4, -0.2) is 12.1 Å². The van der Waals surface area contributed by atoms with Crippen LogP contribution in [0, 0.1) is 0 Å². The van der Waals surface area contributed by atoms with E-state index in [-0.39, 0.29) is 12.1 Å². The Morgan fingerprint density at radius 2 is 2.20 bits per heavy atom. The molecule has 1 aromatic carbocycles. The van der Waals surface area contributed by atoms with E-state index in [0.29, 0.717) is 11.3 Å². The number of carbonyl (C=O) groups excluding carboxylic acids is 1. The smallest absolute Gasteiger partial charge is 0.339 e. The van der Waals surface area contributed by atoms with Crippen molar-refractivity contribution in [3.8, 4) is 0 Å². The quantitative estimate of drug-likeness (QED) is 0.664. The first-order valence-electron chi connectivity index (χ1n) is 4.93. The van der Waals surface area contributed by atoms with Gasteiger partial charge >= 0.3 is 5.97 Å². The van der Waals surface area contributed by atoms with Crippen LogP contribution in [0.25, 0.3) is 0 Å². The van der Waals surface area contributed by atoms with Gasteiger partial charge in [-0.25, -0.2) is 4.79 Å². The number of esters is 1. The Morgan fingerprint density at radius 3 is 2.80 bits per heavy atom. The average molecular weight is 270 g/mol. The number of rotatable bonds is 2. The molecular formula is C11H12BrNO2. The van der Waals surface area contributed by atoms with E-state index >= 15 is 0 Å². The molecular weight excluding hydrogens is 258 g/mol. The molecule has 0 bridgehead atoms. The fourth-order valence-corrected chi connectivity index (χ4v) is 1.81. The first-order valence-corrected chi connectivity index (χ1v) is 5.72. The van der Waals surface area contributed by atoms with Gasteiger partial charge in [0.2, 0.25) is 0 Å². The average Bonchev–Trinajstić information content (AvgIpc) is 2.15. The van der Waals surface area contributed by atoms with Crippen molar-refractivity contribution in [2.24, 2.45) is 0 Å². The maximum atomic E-state index is 11.7. The van der Waals surface area contributed by atoms with Crippen LogP contribution in [0.3, 0.4) is 0 Å². The summed E-state index contributed by atoms with van der Waals surface area (Å²) >= 11 is 3.30. The van der Waals surface area contributed by atoms with Crippen molar-refractivity contribution >= 4 is 27.6 Å². The summed E-state index contributed by atoms with van der Waals surface area (Å²) in [5.74, 6) is -0.293. The van der Waals surface area contributed by atoms with E-state index in [9.17, 15) is 4.79 Å². The lowest BCUT2D eigenvalue weighted by molar-refractivity contribution is 0.00891. The molecule has 1 saturated carbocycles. The Labute approximate surface area is 96.7 Å². The molecule has 1 fully saturated rings. The van der Waals surface area contributed by atoms with Gasteiger partial charge in [-0.3, -0.25) is 0 Å². The van der Waals surface area contributed by atoms with Crippen molar-refractivity contribution in [3.63, 3.8) is 0 Å². The number of nitrogens with two attached hydrogens (primary N) is 1. The zero-order valence-electron chi connectivity index (χ0n) is 8.20. The largest absolute Gasteiger partial charge is 0.459 e. The molecule has 0 heterocycles. The SMILES string of the molecule is Nc1ccc(Br)c(C(=O)OC2CCC2)c1. The summed E-state index contributed by atoms with van der Waals surface area (Å²) in [6.45, 7) is 0. The molecule has 3 nitrogen and oxygen atoms in total. The standard InChI is InChI=1S/C11H12BrNO2/c12-10-5-4-7(13)6-9(10)11(14)15-8-2-1-3-8/h4-6,8H,1-3,13H2. The minimum Gasteiger partial charge on any atom is -0.459 e. The highest BCUT2D eigenvalue weighted by Crippen LogP contribution is 2.26. The van der Waals surface area contributed by atoms with E-state index in [1.54, 1.807) is 18.2 Å². The van der Waals surface area contributed by atoms with Gasteiger partial charge in [-0.2, -0.15) is 0 Å². The molecule has 0 atom stereocenters. The number of hydrogen-bond acceptors (Lipinski definition) is 3. The summed E-state index contributed by atoms with van der Waals surface area (Å²) in [6, 6.07) is 5.13. The maximum Gasteiger partial charge on any atom is 0.339 e. The van der Waals surface area contributed by atoms with Crippen molar-refractivity contribution in [2.45, 2.75) is 25.4 Å². The number of ether oxygens (including phenoxy) is 1. The lowest BCUT2D eigenvalue weighted by atomic mass is 9.96. The van der Waals surface area contributed by atoms with Gasteiger partial charge < -0.3 is 10.5 Å². The van der Waals surface area contributed by atoms with E-state index in [4.69, 9.17) is 10.5 Å².